The second kappa shape index (κ2) is 11.0. The fourth-order valence-electron chi connectivity index (χ4n) is 3.77. The molecule has 2 aromatic rings. The van der Waals surface area contributed by atoms with Crippen molar-refractivity contribution in [3.63, 3.8) is 0 Å². The minimum Gasteiger partial charge on any atom is -0.272 e. The summed E-state index contributed by atoms with van der Waals surface area (Å²) in [6, 6.07) is 5.53. The molecular weight excluding hydrogens is 470 g/mol. The molecule has 0 spiro atoms. The normalized spacial score (nSPS) is 20.2. The summed E-state index contributed by atoms with van der Waals surface area (Å²) < 4.78 is 25.6. The van der Waals surface area contributed by atoms with E-state index in [1.165, 1.54) is 34.7 Å². The van der Waals surface area contributed by atoms with E-state index in [9.17, 15) is 18.4 Å². The van der Waals surface area contributed by atoms with Crippen LogP contribution in [0.2, 0.25) is 0 Å². The number of nitrogens with zero attached hydrogens (tertiary/aromatic N) is 4. The third-order valence-corrected chi connectivity index (χ3v) is 5.76. The molecule has 2 aromatic heterocycles. The van der Waals surface area contributed by atoms with Gasteiger partial charge in [-0.05, 0) is 23.3 Å². The predicted molar refractivity (Wildman–Crippen MR) is 128 cm³/mol. The van der Waals surface area contributed by atoms with Crippen LogP contribution < -0.4 is 0 Å². The van der Waals surface area contributed by atoms with Gasteiger partial charge < -0.3 is 0 Å². The molecule has 4 rings (SSSR count). The first-order valence-electron chi connectivity index (χ1n) is 11.9. The molecule has 2 amide bonds. The first-order valence-corrected chi connectivity index (χ1v) is 11.9. The minimum atomic E-state index is -0.522. The standard InChI is InChI=1S/2C13H17FN2O2/c2*1-13(2,3)12(17)16-10(6-7-18-16)9-4-5-11(14)15-8-9/h2*4-5,8,10H,6-7H2,1-3H3/t2*10-/m10/s1. The van der Waals surface area contributed by atoms with Gasteiger partial charge >= 0.3 is 0 Å². The van der Waals surface area contributed by atoms with Gasteiger partial charge in [0.1, 0.15) is 0 Å². The predicted octanol–water partition coefficient (Wildman–Crippen LogP) is 4.94. The topological polar surface area (TPSA) is 84.9 Å². The zero-order chi connectivity index (χ0) is 26.7. The molecular formula is C26H34F2N4O4. The van der Waals surface area contributed by atoms with Crippen LogP contribution in [0.1, 0.15) is 77.6 Å². The molecule has 2 fully saturated rings. The Kier molecular flexibility index (Phi) is 8.40. The molecule has 36 heavy (non-hydrogen) atoms. The van der Waals surface area contributed by atoms with Crippen LogP contribution >= 0.6 is 0 Å². The van der Waals surface area contributed by atoms with Gasteiger partial charge in [0.15, 0.2) is 0 Å². The molecule has 8 nitrogen and oxygen atoms in total. The van der Waals surface area contributed by atoms with Gasteiger partial charge in [-0.1, -0.05) is 53.7 Å². The molecule has 0 aliphatic carbocycles. The Bertz CT molecular complexity index is 964. The maximum Gasteiger partial charge on any atom is 0.252 e. The number of carbonyl (C=O) groups is 2. The Morgan fingerprint density at radius 3 is 1.39 bits per heavy atom. The number of pyridine rings is 2. The van der Waals surface area contributed by atoms with Gasteiger partial charge in [-0.15, -0.1) is 0 Å². The van der Waals surface area contributed by atoms with Crippen LogP contribution in [0.25, 0.3) is 0 Å². The van der Waals surface area contributed by atoms with E-state index in [4.69, 9.17) is 9.68 Å². The SMILES string of the molecule is CC(C)(C)C(=O)N1OCC[C@@H]1c1ccc(F)nc1.CC(C)(C)C(=O)N1OCC[C@H]1c1ccc(F)nc1. The fraction of sp³-hybridized carbons (Fsp3) is 0.538. The Morgan fingerprint density at radius 2 is 1.11 bits per heavy atom. The monoisotopic (exact) mass is 504 g/mol. The lowest BCUT2D eigenvalue weighted by atomic mass is 9.94. The van der Waals surface area contributed by atoms with Crippen LogP contribution in [0, 0.1) is 22.7 Å². The summed E-state index contributed by atoms with van der Waals surface area (Å²) in [4.78, 5) is 42.5. The quantitative estimate of drug-likeness (QED) is 0.539. The van der Waals surface area contributed by atoms with Gasteiger partial charge in [-0.25, -0.2) is 20.1 Å². The van der Waals surface area contributed by atoms with Crippen LogP contribution in [-0.4, -0.2) is 45.1 Å². The summed E-state index contributed by atoms with van der Waals surface area (Å²) >= 11 is 0. The lowest BCUT2D eigenvalue weighted by Gasteiger charge is -2.28. The van der Waals surface area contributed by atoms with E-state index in [0.29, 0.717) is 26.1 Å². The van der Waals surface area contributed by atoms with E-state index in [0.717, 1.165) is 11.1 Å². The number of hydrogen-bond acceptors (Lipinski definition) is 6. The van der Waals surface area contributed by atoms with E-state index >= 15 is 0 Å². The van der Waals surface area contributed by atoms with Crippen LogP contribution in [0.3, 0.4) is 0 Å². The van der Waals surface area contributed by atoms with Crippen molar-refractivity contribution in [3.8, 4) is 0 Å². The van der Waals surface area contributed by atoms with Crippen molar-refractivity contribution in [1.29, 1.82) is 0 Å². The van der Waals surface area contributed by atoms with Crippen molar-refractivity contribution in [2.24, 2.45) is 10.8 Å². The smallest absolute Gasteiger partial charge is 0.252 e. The van der Waals surface area contributed by atoms with Crippen LogP contribution in [0.15, 0.2) is 36.7 Å². The van der Waals surface area contributed by atoms with E-state index in [-0.39, 0.29) is 23.9 Å². The first kappa shape index (κ1) is 27.6. The lowest BCUT2D eigenvalue weighted by Crippen LogP contribution is -2.38. The summed E-state index contributed by atoms with van der Waals surface area (Å²) in [7, 11) is 0. The van der Waals surface area contributed by atoms with Gasteiger partial charge in [-0.2, -0.15) is 8.78 Å². The average molecular weight is 505 g/mol. The first-order chi connectivity index (χ1) is 16.8. The molecule has 196 valence electrons. The van der Waals surface area contributed by atoms with Gasteiger partial charge in [0.2, 0.25) is 11.9 Å². The fourth-order valence-corrected chi connectivity index (χ4v) is 3.77. The molecule has 2 aliphatic heterocycles. The van der Waals surface area contributed by atoms with Crippen LogP contribution in [-0.2, 0) is 19.3 Å². The number of carbonyl (C=O) groups excluding carboxylic acids is 2. The molecule has 2 saturated heterocycles. The summed E-state index contributed by atoms with van der Waals surface area (Å²) in [5.41, 5.74) is 0.588. The average Bonchev–Trinajstić information content (AvgIpc) is 3.48. The Labute approximate surface area is 210 Å². The molecule has 0 unspecified atom stereocenters. The molecule has 4 heterocycles. The third-order valence-electron chi connectivity index (χ3n) is 5.76. The molecule has 0 radical (unpaired) electrons. The van der Waals surface area contributed by atoms with Gasteiger partial charge in [0, 0.05) is 36.1 Å². The van der Waals surface area contributed by atoms with Crippen molar-refractivity contribution >= 4 is 11.8 Å². The van der Waals surface area contributed by atoms with Gasteiger partial charge in [-0.3, -0.25) is 19.3 Å². The molecule has 0 aromatic carbocycles. The summed E-state index contributed by atoms with van der Waals surface area (Å²) in [6.45, 7) is 12.0. The van der Waals surface area contributed by atoms with Crippen LogP contribution in [0.4, 0.5) is 8.78 Å². The molecule has 2 aliphatic rings. The van der Waals surface area contributed by atoms with Crippen molar-refractivity contribution in [3.05, 3.63) is 59.7 Å². The zero-order valence-corrected chi connectivity index (χ0v) is 21.6. The Hall–Kier alpha value is -2.98. The maximum atomic E-state index is 12.8. The molecule has 0 saturated carbocycles. The van der Waals surface area contributed by atoms with E-state index in [1.54, 1.807) is 12.1 Å². The summed E-state index contributed by atoms with van der Waals surface area (Å²) in [5.74, 6) is -1.19. The Balaban J connectivity index is 0.000000201. The summed E-state index contributed by atoms with van der Waals surface area (Å²) in [5, 5.41) is 2.80. The zero-order valence-electron chi connectivity index (χ0n) is 21.6. The number of hydrogen-bond donors (Lipinski definition) is 0. The molecule has 0 N–H and O–H groups in total. The highest BCUT2D eigenvalue weighted by Crippen LogP contribution is 2.34. The number of halogens is 2. The number of hydroxylamine groups is 4. The highest BCUT2D eigenvalue weighted by Gasteiger charge is 2.38. The highest BCUT2D eigenvalue weighted by atomic mass is 19.1. The third kappa shape index (κ3) is 6.61. The molecule has 2 atom stereocenters. The van der Waals surface area contributed by atoms with Crippen molar-refractivity contribution in [2.75, 3.05) is 13.2 Å². The van der Waals surface area contributed by atoms with Crippen LogP contribution in [0.5, 0.6) is 0 Å². The maximum absolute atomic E-state index is 12.8. The molecule has 0 bridgehead atoms. The number of aromatic nitrogens is 2. The molecule has 10 heteroatoms. The van der Waals surface area contributed by atoms with Gasteiger partial charge in [0.25, 0.3) is 11.8 Å². The second-order valence-electron chi connectivity index (χ2n) is 10.9. The van der Waals surface area contributed by atoms with Crippen molar-refractivity contribution < 1.29 is 28.0 Å². The summed E-state index contributed by atoms with van der Waals surface area (Å²) in [6.07, 6.45) is 4.32. The Morgan fingerprint density at radius 1 is 0.750 bits per heavy atom. The van der Waals surface area contributed by atoms with E-state index < -0.39 is 22.7 Å². The lowest BCUT2D eigenvalue weighted by molar-refractivity contribution is -0.186. The second-order valence-corrected chi connectivity index (χ2v) is 10.9. The largest absolute Gasteiger partial charge is 0.272 e. The van der Waals surface area contributed by atoms with E-state index in [2.05, 4.69) is 9.97 Å². The minimum absolute atomic E-state index is 0.0747. The number of rotatable bonds is 2. The van der Waals surface area contributed by atoms with Crippen molar-refractivity contribution in [1.82, 2.24) is 20.1 Å². The van der Waals surface area contributed by atoms with Gasteiger partial charge in [0.05, 0.1) is 25.3 Å². The van der Waals surface area contributed by atoms with Crippen molar-refractivity contribution in [2.45, 2.75) is 66.5 Å². The van der Waals surface area contributed by atoms with E-state index in [1.807, 2.05) is 41.5 Å². The highest BCUT2D eigenvalue weighted by molar-refractivity contribution is 5.81. The number of amides is 2.